The summed E-state index contributed by atoms with van der Waals surface area (Å²) in [7, 11) is 3.36. The lowest BCUT2D eigenvalue weighted by Crippen LogP contribution is -2.49. The van der Waals surface area contributed by atoms with Gasteiger partial charge in [-0.1, -0.05) is 6.07 Å². The number of carbonyl (C=O) groups is 1. The summed E-state index contributed by atoms with van der Waals surface area (Å²) in [4.78, 5) is 14.0. The van der Waals surface area contributed by atoms with E-state index in [4.69, 9.17) is 9.47 Å². The van der Waals surface area contributed by atoms with E-state index in [-0.39, 0.29) is 5.91 Å². The zero-order valence-corrected chi connectivity index (χ0v) is 15.4. The van der Waals surface area contributed by atoms with Gasteiger partial charge < -0.3 is 19.7 Å². The molecule has 0 spiro atoms. The van der Waals surface area contributed by atoms with Crippen LogP contribution in [0.4, 0.5) is 0 Å². The number of amides is 1. The first-order chi connectivity index (χ1) is 12.2. The lowest BCUT2D eigenvalue weighted by molar-refractivity contribution is -0.133. The minimum atomic E-state index is 0.221. The number of nitrogens with zero attached hydrogens (tertiary/aromatic N) is 1. The van der Waals surface area contributed by atoms with Gasteiger partial charge in [-0.3, -0.25) is 4.79 Å². The smallest absolute Gasteiger partial charge is 0.224 e. The summed E-state index contributed by atoms with van der Waals surface area (Å²) in [5.41, 5.74) is 2.87. The molecule has 1 aliphatic heterocycles. The van der Waals surface area contributed by atoms with Crippen molar-refractivity contribution in [2.24, 2.45) is 0 Å². The summed E-state index contributed by atoms with van der Waals surface area (Å²) in [5, 5.41) is 3.84. The van der Waals surface area contributed by atoms with E-state index in [9.17, 15) is 4.79 Å². The number of rotatable bonds is 6. The third-order valence-corrected chi connectivity index (χ3v) is 5.48. The summed E-state index contributed by atoms with van der Waals surface area (Å²) in [5.74, 6) is 1.17. The van der Waals surface area contributed by atoms with Gasteiger partial charge in [0, 0.05) is 32.3 Å². The van der Waals surface area contributed by atoms with Gasteiger partial charge >= 0.3 is 0 Å². The van der Waals surface area contributed by atoms with Crippen molar-refractivity contribution in [2.75, 3.05) is 33.9 Å². The topological polar surface area (TPSA) is 50.8 Å². The minimum Gasteiger partial charge on any atom is -0.497 e. The molecule has 5 heteroatoms. The van der Waals surface area contributed by atoms with Crippen molar-refractivity contribution in [3.05, 3.63) is 29.3 Å². The monoisotopic (exact) mass is 346 g/mol. The lowest BCUT2D eigenvalue weighted by atomic mass is 9.87. The molecule has 1 aromatic rings. The van der Waals surface area contributed by atoms with E-state index in [1.54, 1.807) is 14.2 Å². The Bertz CT molecular complexity index is 582. The molecule has 2 aliphatic rings. The highest BCUT2D eigenvalue weighted by Gasteiger charge is 2.26. The van der Waals surface area contributed by atoms with Crippen LogP contribution in [0.2, 0.25) is 0 Å². The molecule has 1 unspecified atom stereocenters. The standard InChI is InChI=1S/C20H30N2O3/c1-24-12-9-20(23)22-10-7-17(8-11-22)21-18-5-3-15-4-6-19(25-2)14-16(15)13-18/h4,6,14,17-18,21H,3,5,7-13H2,1-2H3. The molecule has 1 aromatic carbocycles. The van der Waals surface area contributed by atoms with Crippen molar-refractivity contribution in [3.8, 4) is 5.75 Å². The largest absolute Gasteiger partial charge is 0.497 e. The van der Waals surface area contributed by atoms with Gasteiger partial charge in [0.25, 0.3) is 0 Å². The Morgan fingerprint density at radius 2 is 1.96 bits per heavy atom. The Morgan fingerprint density at radius 1 is 1.16 bits per heavy atom. The summed E-state index contributed by atoms with van der Waals surface area (Å²) in [6.07, 6.45) is 5.97. The fourth-order valence-electron chi connectivity index (χ4n) is 3.98. The first-order valence-corrected chi connectivity index (χ1v) is 9.38. The predicted molar refractivity (Wildman–Crippen MR) is 98.0 cm³/mol. The zero-order chi connectivity index (χ0) is 17.6. The molecule has 1 heterocycles. The van der Waals surface area contributed by atoms with E-state index < -0.39 is 0 Å². The Balaban J connectivity index is 1.47. The second kappa shape index (κ2) is 8.68. The number of aryl methyl sites for hydroxylation is 1. The van der Waals surface area contributed by atoms with Crippen LogP contribution < -0.4 is 10.1 Å². The number of methoxy groups -OCH3 is 2. The Hall–Kier alpha value is -1.59. The van der Waals surface area contributed by atoms with E-state index in [1.807, 2.05) is 4.90 Å². The highest BCUT2D eigenvalue weighted by atomic mass is 16.5. The molecule has 3 rings (SSSR count). The molecule has 1 atom stereocenters. The lowest BCUT2D eigenvalue weighted by Gasteiger charge is -2.36. The summed E-state index contributed by atoms with van der Waals surface area (Å²) < 4.78 is 10.4. The van der Waals surface area contributed by atoms with E-state index >= 15 is 0 Å². The van der Waals surface area contributed by atoms with E-state index in [2.05, 4.69) is 23.5 Å². The molecule has 1 saturated heterocycles. The third-order valence-electron chi connectivity index (χ3n) is 5.48. The summed E-state index contributed by atoms with van der Waals surface area (Å²) in [6, 6.07) is 7.49. The second-order valence-electron chi connectivity index (χ2n) is 7.14. The van der Waals surface area contributed by atoms with Crippen LogP contribution in [-0.2, 0) is 22.4 Å². The van der Waals surface area contributed by atoms with Crippen LogP contribution >= 0.6 is 0 Å². The van der Waals surface area contributed by atoms with E-state index in [0.717, 1.165) is 44.5 Å². The highest BCUT2D eigenvalue weighted by molar-refractivity contribution is 5.76. The van der Waals surface area contributed by atoms with E-state index in [1.165, 1.54) is 17.5 Å². The highest BCUT2D eigenvalue weighted by Crippen LogP contribution is 2.26. The van der Waals surface area contributed by atoms with Gasteiger partial charge in [0.15, 0.2) is 0 Å². The number of benzene rings is 1. The molecule has 1 N–H and O–H groups in total. The Kier molecular flexibility index (Phi) is 6.32. The van der Waals surface area contributed by atoms with E-state index in [0.29, 0.717) is 25.1 Å². The number of likely N-dealkylation sites (tertiary alicyclic amines) is 1. The number of carbonyl (C=O) groups excluding carboxylic acids is 1. The average Bonchev–Trinajstić information content (AvgIpc) is 2.66. The van der Waals surface area contributed by atoms with Crippen LogP contribution in [0.5, 0.6) is 5.75 Å². The second-order valence-corrected chi connectivity index (χ2v) is 7.14. The molecule has 0 bridgehead atoms. The molecule has 25 heavy (non-hydrogen) atoms. The van der Waals surface area contributed by atoms with Crippen molar-refractivity contribution in [3.63, 3.8) is 0 Å². The maximum atomic E-state index is 12.1. The van der Waals surface area contributed by atoms with Crippen LogP contribution in [0.1, 0.15) is 36.8 Å². The molecule has 0 aromatic heterocycles. The van der Waals surface area contributed by atoms with Crippen LogP contribution in [0.3, 0.4) is 0 Å². The van der Waals surface area contributed by atoms with Crippen LogP contribution in [0, 0.1) is 0 Å². The maximum absolute atomic E-state index is 12.1. The van der Waals surface area contributed by atoms with Crippen molar-refractivity contribution in [1.82, 2.24) is 10.2 Å². The van der Waals surface area contributed by atoms with Crippen molar-refractivity contribution >= 4 is 5.91 Å². The fourth-order valence-corrected chi connectivity index (χ4v) is 3.98. The number of fused-ring (bicyclic) bond motifs is 1. The Labute approximate surface area is 150 Å². The minimum absolute atomic E-state index is 0.221. The normalized spacial score (nSPS) is 21.0. The van der Waals surface area contributed by atoms with Gasteiger partial charge in [-0.05, 0) is 55.4 Å². The summed E-state index contributed by atoms with van der Waals surface area (Å²) in [6.45, 7) is 2.23. The zero-order valence-electron chi connectivity index (χ0n) is 15.4. The first-order valence-electron chi connectivity index (χ1n) is 9.38. The quantitative estimate of drug-likeness (QED) is 0.858. The summed E-state index contributed by atoms with van der Waals surface area (Å²) >= 11 is 0. The number of hydrogen-bond donors (Lipinski definition) is 1. The number of nitrogens with one attached hydrogen (secondary N) is 1. The number of hydrogen-bond acceptors (Lipinski definition) is 4. The third kappa shape index (κ3) is 4.73. The van der Waals surface area contributed by atoms with Crippen LogP contribution in [0.25, 0.3) is 0 Å². The van der Waals surface area contributed by atoms with Gasteiger partial charge in [-0.15, -0.1) is 0 Å². The maximum Gasteiger partial charge on any atom is 0.224 e. The van der Waals surface area contributed by atoms with Crippen molar-refractivity contribution in [2.45, 2.75) is 50.6 Å². The molecular formula is C20H30N2O3. The predicted octanol–water partition coefficient (Wildman–Crippen LogP) is 2.17. The fraction of sp³-hybridized carbons (Fsp3) is 0.650. The molecule has 0 radical (unpaired) electrons. The molecule has 5 nitrogen and oxygen atoms in total. The van der Waals surface area contributed by atoms with Crippen molar-refractivity contribution in [1.29, 1.82) is 0 Å². The van der Waals surface area contributed by atoms with Crippen molar-refractivity contribution < 1.29 is 14.3 Å². The molecule has 1 aliphatic carbocycles. The molecule has 138 valence electrons. The SMILES string of the molecule is COCCC(=O)N1CCC(NC2CCc3ccc(OC)cc3C2)CC1. The molecule has 1 fully saturated rings. The van der Waals surface area contributed by atoms with Crippen LogP contribution in [-0.4, -0.2) is 56.8 Å². The van der Waals surface area contributed by atoms with Gasteiger partial charge in [0.05, 0.1) is 20.1 Å². The Morgan fingerprint density at radius 3 is 2.68 bits per heavy atom. The van der Waals surface area contributed by atoms with Gasteiger partial charge in [0.2, 0.25) is 5.91 Å². The molecule has 1 amide bonds. The first kappa shape index (κ1) is 18.2. The number of ether oxygens (including phenoxy) is 2. The van der Waals surface area contributed by atoms with Crippen LogP contribution in [0.15, 0.2) is 18.2 Å². The van der Waals surface area contributed by atoms with Gasteiger partial charge in [-0.2, -0.15) is 0 Å². The van der Waals surface area contributed by atoms with Gasteiger partial charge in [-0.25, -0.2) is 0 Å². The number of piperidine rings is 1. The van der Waals surface area contributed by atoms with Gasteiger partial charge in [0.1, 0.15) is 5.75 Å². The average molecular weight is 346 g/mol. The molecular weight excluding hydrogens is 316 g/mol. The molecule has 0 saturated carbocycles.